The van der Waals surface area contributed by atoms with Crippen LogP contribution in [0.1, 0.15) is 36.6 Å². The molecule has 3 aromatic rings. The second-order valence-electron chi connectivity index (χ2n) is 9.66. The number of amides is 1. The lowest BCUT2D eigenvalue weighted by Gasteiger charge is -2.39. The van der Waals surface area contributed by atoms with E-state index in [1.54, 1.807) is 15.3 Å². The fourth-order valence-electron chi connectivity index (χ4n) is 5.53. The zero-order valence-electron chi connectivity index (χ0n) is 20.8. The number of hydrogen-bond acceptors (Lipinski definition) is 4. The second-order valence-corrected chi connectivity index (χ2v) is 12.9. The van der Waals surface area contributed by atoms with Gasteiger partial charge in [-0.3, -0.25) is 9.69 Å². The summed E-state index contributed by atoms with van der Waals surface area (Å²) in [6, 6.07) is 21.6. The molecule has 3 aromatic carbocycles. The summed E-state index contributed by atoms with van der Waals surface area (Å²) in [4.78, 5) is 16.5. The van der Waals surface area contributed by atoms with Crippen LogP contribution in [0.2, 0.25) is 5.02 Å². The highest BCUT2D eigenvalue weighted by molar-refractivity contribution is 9.10. The Morgan fingerprint density at radius 1 is 0.973 bits per heavy atom. The van der Waals surface area contributed by atoms with Crippen molar-refractivity contribution in [3.63, 3.8) is 0 Å². The lowest BCUT2D eigenvalue weighted by atomic mass is 9.96. The van der Waals surface area contributed by atoms with Crippen molar-refractivity contribution in [1.29, 1.82) is 0 Å². The Bertz CT molecular complexity index is 1410. The standard InChI is InChI=1S/C28H29BrClN3O3S/c1-19-16-23-17-25(29)27(18-26(23)33(19)20(2)34)37(35,36)32-14-12-31(13-15-32)28(21-6-4-3-5-7-21)22-8-10-24(30)11-9-22/h3-11,17-19,28H,12-16H2,1-2H3/t19-,28-/m0/s1. The average molecular weight is 603 g/mol. The molecule has 0 aliphatic carbocycles. The molecule has 0 unspecified atom stereocenters. The molecular weight excluding hydrogens is 574 g/mol. The molecule has 2 heterocycles. The maximum absolute atomic E-state index is 13.8. The highest BCUT2D eigenvalue weighted by atomic mass is 79.9. The molecule has 0 saturated carbocycles. The molecule has 2 atom stereocenters. The van der Waals surface area contributed by atoms with E-state index in [1.807, 2.05) is 55.5 Å². The molecule has 5 rings (SSSR count). The highest BCUT2D eigenvalue weighted by Crippen LogP contribution is 2.39. The largest absolute Gasteiger partial charge is 0.309 e. The quantitative estimate of drug-likeness (QED) is 0.387. The summed E-state index contributed by atoms with van der Waals surface area (Å²) in [5.74, 6) is -0.0836. The Morgan fingerprint density at radius 2 is 1.59 bits per heavy atom. The van der Waals surface area contributed by atoms with Crippen molar-refractivity contribution in [2.45, 2.75) is 37.2 Å². The van der Waals surface area contributed by atoms with Crippen LogP contribution < -0.4 is 4.90 Å². The van der Waals surface area contributed by atoms with E-state index in [1.165, 1.54) is 6.92 Å². The first-order valence-electron chi connectivity index (χ1n) is 12.3. The molecule has 1 saturated heterocycles. The van der Waals surface area contributed by atoms with Crippen LogP contribution in [0.5, 0.6) is 0 Å². The van der Waals surface area contributed by atoms with E-state index >= 15 is 0 Å². The van der Waals surface area contributed by atoms with Gasteiger partial charge in [-0.25, -0.2) is 8.42 Å². The van der Waals surface area contributed by atoms with Crippen molar-refractivity contribution < 1.29 is 13.2 Å². The van der Waals surface area contributed by atoms with Gasteiger partial charge in [-0.2, -0.15) is 4.31 Å². The molecule has 37 heavy (non-hydrogen) atoms. The highest BCUT2D eigenvalue weighted by Gasteiger charge is 2.36. The van der Waals surface area contributed by atoms with Crippen LogP contribution in [0.15, 0.2) is 76.1 Å². The SMILES string of the molecule is CC(=O)N1c2cc(S(=O)(=O)N3CCN([C@@H](c4ccccc4)c4ccc(Cl)cc4)CC3)c(Br)cc2C[C@@H]1C. The Labute approximate surface area is 232 Å². The minimum Gasteiger partial charge on any atom is -0.309 e. The predicted octanol–water partition coefficient (Wildman–Crippen LogP) is 5.50. The molecule has 2 aliphatic heterocycles. The molecule has 0 radical (unpaired) electrons. The molecule has 2 aliphatic rings. The van der Waals surface area contributed by atoms with Gasteiger partial charge in [0, 0.05) is 54.3 Å². The lowest BCUT2D eigenvalue weighted by molar-refractivity contribution is -0.116. The Kier molecular flexibility index (Phi) is 7.49. The van der Waals surface area contributed by atoms with Gasteiger partial charge in [0.25, 0.3) is 0 Å². The van der Waals surface area contributed by atoms with Gasteiger partial charge in [0.1, 0.15) is 0 Å². The molecule has 1 fully saturated rings. The number of piperazine rings is 1. The Morgan fingerprint density at radius 3 is 2.22 bits per heavy atom. The van der Waals surface area contributed by atoms with Crippen molar-refractivity contribution in [3.05, 3.63) is 92.9 Å². The summed E-state index contributed by atoms with van der Waals surface area (Å²) in [5.41, 5.74) is 3.94. The first-order valence-corrected chi connectivity index (χ1v) is 14.9. The van der Waals surface area contributed by atoms with E-state index in [0.717, 1.165) is 16.7 Å². The van der Waals surface area contributed by atoms with Gasteiger partial charge in [0.05, 0.1) is 10.9 Å². The van der Waals surface area contributed by atoms with Crippen LogP contribution >= 0.6 is 27.5 Å². The number of carbonyl (C=O) groups is 1. The molecule has 6 nitrogen and oxygen atoms in total. The number of rotatable bonds is 5. The zero-order chi connectivity index (χ0) is 26.3. The van der Waals surface area contributed by atoms with Gasteiger partial charge in [0.2, 0.25) is 15.9 Å². The normalized spacial score (nSPS) is 19.6. The van der Waals surface area contributed by atoms with Crippen molar-refractivity contribution in [3.8, 4) is 0 Å². The van der Waals surface area contributed by atoms with Gasteiger partial charge in [-0.15, -0.1) is 0 Å². The van der Waals surface area contributed by atoms with Crippen LogP contribution in [0, 0.1) is 0 Å². The van der Waals surface area contributed by atoms with E-state index in [4.69, 9.17) is 11.6 Å². The maximum atomic E-state index is 13.8. The van der Waals surface area contributed by atoms with Crippen LogP contribution in [0.3, 0.4) is 0 Å². The molecule has 0 bridgehead atoms. The van der Waals surface area contributed by atoms with Gasteiger partial charge >= 0.3 is 0 Å². The zero-order valence-corrected chi connectivity index (χ0v) is 23.9. The summed E-state index contributed by atoms with van der Waals surface area (Å²) >= 11 is 9.65. The van der Waals surface area contributed by atoms with Crippen LogP contribution in [0.4, 0.5) is 5.69 Å². The van der Waals surface area contributed by atoms with E-state index in [9.17, 15) is 13.2 Å². The second kappa shape index (κ2) is 10.5. The Balaban J connectivity index is 1.40. The smallest absolute Gasteiger partial charge is 0.244 e. The van der Waals surface area contributed by atoms with Gasteiger partial charge < -0.3 is 4.90 Å². The molecular formula is C28H29BrClN3O3S. The number of carbonyl (C=O) groups excluding carboxylic acids is 1. The summed E-state index contributed by atoms with van der Waals surface area (Å²) < 4.78 is 29.6. The topological polar surface area (TPSA) is 60.9 Å². The minimum atomic E-state index is -3.76. The lowest BCUT2D eigenvalue weighted by Crippen LogP contribution is -2.49. The summed E-state index contributed by atoms with van der Waals surface area (Å²) in [6.45, 7) is 5.41. The predicted molar refractivity (Wildman–Crippen MR) is 151 cm³/mol. The minimum absolute atomic E-state index is 0.000615. The van der Waals surface area contributed by atoms with E-state index in [-0.39, 0.29) is 22.9 Å². The molecule has 194 valence electrons. The molecule has 1 amide bonds. The molecule has 0 aromatic heterocycles. The van der Waals surface area contributed by atoms with Crippen LogP contribution in [-0.2, 0) is 21.2 Å². The maximum Gasteiger partial charge on any atom is 0.244 e. The summed E-state index contributed by atoms with van der Waals surface area (Å²) in [7, 11) is -3.76. The fourth-order valence-corrected chi connectivity index (χ4v) is 8.15. The average Bonchev–Trinajstić information content (AvgIpc) is 3.20. The summed E-state index contributed by atoms with van der Waals surface area (Å²) in [5, 5.41) is 0.684. The van der Waals surface area contributed by atoms with Crippen LogP contribution in [-0.4, -0.2) is 55.8 Å². The van der Waals surface area contributed by atoms with E-state index in [2.05, 4.69) is 33.0 Å². The first kappa shape index (κ1) is 26.4. The third-order valence-corrected chi connectivity index (χ3v) is 10.4. The van der Waals surface area contributed by atoms with Crippen molar-refractivity contribution in [2.24, 2.45) is 0 Å². The number of fused-ring (bicyclic) bond motifs is 1. The van der Waals surface area contributed by atoms with Gasteiger partial charge in [-0.1, -0.05) is 54.1 Å². The summed E-state index contributed by atoms with van der Waals surface area (Å²) in [6.07, 6.45) is 0.706. The number of hydrogen-bond donors (Lipinski definition) is 0. The third kappa shape index (κ3) is 5.10. The van der Waals surface area contributed by atoms with Crippen molar-refractivity contribution in [1.82, 2.24) is 9.21 Å². The van der Waals surface area contributed by atoms with Gasteiger partial charge in [0.15, 0.2) is 0 Å². The fraction of sp³-hybridized carbons (Fsp3) is 0.321. The number of anilines is 1. The number of nitrogens with zero attached hydrogens (tertiary/aromatic N) is 3. The molecule has 0 N–H and O–H groups in total. The Hall–Kier alpha value is -2.23. The monoisotopic (exact) mass is 601 g/mol. The first-order chi connectivity index (χ1) is 17.7. The third-order valence-electron chi connectivity index (χ3n) is 7.25. The van der Waals surface area contributed by atoms with E-state index < -0.39 is 10.0 Å². The van der Waals surface area contributed by atoms with E-state index in [0.29, 0.717) is 47.8 Å². The number of benzene rings is 3. The van der Waals surface area contributed by atoms with Crippen LogP contribution in [0.25, 0.3) is 0 Å². The molecule has 9 heteroatoms. The van der Waals surface area contributed by atoms with Crippen molar-refractivity contribution >= 4 is 49.1 Å². The number of halogens is 2. The van der Waals surface area contributed by atoms with Gasteiger partial charge in [-0.05, 0) is 70.2 Å². The molecule has 0 spiro atoms. The number of sulfonamides is 1. The van der Waals surface area contributed by atoms with Crippen molar-refractivity contribution in [2.75, 3.05) is 31.1 Å².